The molecule has 0 aliphatic carbocycles. The molecule has 0 radical (unpaired) electrons. The zero-order chi connectivity index (χ0) is 24.1. The van der Waals surface area contributed by atoms with Crippen molar-refractivity contribution < 1.29 is 14.3 Å². The van der Waals surface area contributed by atoms with Crippen molar-refractivity contribution in [2.75, 3.05) is 12.4 Å². The Labute approximate surface area is 200 Å². The van der Waals surface area contributed by atoms with E-state index in [2.05, 4.69) is 20.3 Å². The van der Waals surface area contributed by atoms with Crippen LogP contribution >= 0.6 is 11.3 Å². The molecule has 34 heavy (non-hydrogen) atoms. The highest BCUT2D eigenvalue weighted by atomic mass is 32.1. The van der Waals surface area contributed by atoms with Gasteiger partial charge in [0, 0.05) is 22.8 Å². The minimum absolute atomic E-state index is 0.158. The van der Waals surface area contributed by atoms with Crippen LogP contribution in [0, 0.1) is 0 Å². The number of amides is 1. The summed E-state index contributed by atoms with van der Waals surface area (Å²) in [5, 5.41) is 4.81. The first-order valence-electron chi connectivity index (χ1n) is 10.8. The summed E-state index contributed by atoms with van der Waals surface area (Å²) in [4.78, 5) is 38.7. The lowest BCUT2D eigenvalue weighted by molar-refractivity contribution is -0.139. The maximum absolute atomic E-state index is 12.9. The average Bonchev–Trinajstić information content (AvgIpc) is 3.47. The Bertz CT molecular complexity index is 1470. The number of fused-ring (bicyclic) bond motifs is 2. The minimum atomic E-state index is -0.358. The van der Waals surface area contributed by atoms with Crippen molar-refractivity contribution in [3.63, 3.8) is 0 Å². The smallest absolute Gasteiger partial charge is 0.311 e. The summed E-state index contributed by atoms with van der Waals surface area (Å²) in [6.45, 7) is 4.00. The number of methoxy groups -OCH3 is 1. The fourth-order valence-electron chi connectivity index (χ4n) is 3.37. The predicted octanol–water partition coefficient (Wildman–Crippen LogP) is 5.00. The third-order valence-corrected chi connectivity index (χ3v) is 5.86. The lowest BCUT2D eigenvalue weighted by Crippen LogP contribution is -2.14. The van der Waals surface area contributed by atoms with Crippen LogP contribution in [0.15, 0.2) is 66.3 Å². The van der Waals surface area contributed by atoms with E-state index in [9.17, 15) is 9.59 Å². The number of carbonyl (C=O) groups is 2. The number of rotatable bonds is 5. The second kappa shape index (κ2) is 10.2. The molecule has 0 unspecified atom stereocenters. The van der Waals surface area contributed by atoms with Gasteiger partial charge in [0.05, 0.1) is 42.1 Å². The fraction of sp³-hybridized carbons (Fsp3) is 0.160. The van der Waals surface area contributed by atoms with E-state index >= 15 is 0 Å². The number of para-hydroxylation sites is 3. The molecular formula is C25H23N5O3S. The van der Waals surface area contributed by atoms with Crippen molar-refractivity contribution in [1.82, 2.24) is 19.4 Å². The summed E-state index contributed by atoms with van der Waals surface area (Å²) in [5.74, 6) is -0.674. The van der Waals surface area contributed by atoms with E-state index in [0.717, 1.165) is 21.7 Å². The van der Waals surface area contributed by atoms with E-state index in [0.29, 0.717) is 16.9 Å². The molecule has 0 aliphatic rings. The number of benzene rings is 2. The Kier molecular flexibility index (Phi) is 6.93. The maximum Gasteiger partial charge on any atom is 0.311 e. The molecule has 8 nitrogen and oxygen atoms in total. The molecule has 0 bridgehead atoms. The number of imidazole rings is 1. The highest BCUT2D eigenvalue weighted by molar-refractivity contribution is 7.15. The van der Waals surface area contributed by atoms with Gasteiger partial charge in [-0.25, -0.2) is 9.97 Å². The number of thiazole rings is 1. The van der Waals surface area contributed by atoms with Gasteiger partial charge in [0.15, 0.2) is 4.96 Å². The number of hydrogen-bond donors (Lipinski definition) is 1. The number of anilines is 1. The molecule has 0 spiro atoms. The quantitative estimate of drug-likeness (QED) is 0.361. The van der Waals surface area contributed by atoms with Gasteiger partial charge in [0.2, 0.25) is 0 Å². The molecule has 1 N–H and O–H groups in total. The van der Waals surface area contributed by atoms with Crippen LogP contribution < -0.4 is 5.32 Å². The van der Waals surface area contributed by atoms with E-state index in [4.69, 9.17) is 4.74 Å². The van der Waals surface area contributed by atoms with Gasteiger partial charge in [-0.2, -0.15) is 0 Å². The first-order chi connectivity index (χ1) is 16.6. The lowest BCUT2D eigenvalue weighted by atomic mass is 10.1. The molecular weight excluding hydrogens is 450 g/mol. The normalized spacial score (nSPS) is 10.6. The second-order valence-corrected chi connectivity index (χ2v) is 7.84. The molecule has 3 heterocycles. The van der Waals surface area contributed by atoms with Crippen molar-refractivity contribution in [3.05, 3.63) is 77.7 Å². The molecule has 9 heteroatoms. The number of carbonyl (C=O) groups excluding carboxylic acids is 2. The summed E-state index contributed by atoms with van der Waals surface area (Å²) in [6, 6.07) is 14.8. The molecule has 0 saturated heterocycles. The van der Waals surface area contributed by atoms with E-state index < -0.39 is 0 Å². The van der Waals surface area contributed by atoms with Gasteiger partial charge in [0.1, 0.15) is 5.69 Å². The molecule has 1 amide bonds. The summed E-state index contributed by atoms with van der Waals surface area (Å²) >= 11 is 1.44. The summed E-state index contributed by atoms with van der Waals surface area (Å²) in [7, 11) is 1.37. The third-order valence-electron chi connectivity index (χ3n) is 4.97. The molecule has 3 aromatic heterocycles. The van der Waals surface area contributed by atoms with Crippen LogP contribution in [0.4, 0.5) is 5.69 Å². The number of aromatic nitrogens is 4. The third kappa shape index (κ3) is 4.65. The van der Waals surface area contributed by atoms with Crippen molar-refractivity contribution in [1.29, 1.82) is 0 Å². The number of esters is 1. The second-order valence-electron chi connectivity index (χ2n) is 7.00. The highest BCUT2D eigenvalue weighted by Crippen LogP contribution is 2.30. The predicted molar refractivity (Wildman–Crippen MR) is 133 cm³/mol. The molecule has 172 valence electrons. The fourth-order valence-corrected chi connectivity index (χ4v) is 4.25. The van der Waals surface area contributed by atoms with E-state index in [1.165, 1.54) is 24.6 Å². The number of ether oxygens (including phenoxy) is 1. The maximum atomic E-state index is 12.9. The zero-order valence-electron chi connectivity index (χ0n) is 19.0. The molecule has 0 atom stereocenters. The molecule has 2 aromatic carbocycles. The Morgan fingerprint density at radius 3 is 2.56 bits per heavy atom. The van der Waals surface area contributed by atoms with Gasteiger partial charge < -0.3 is 10.1 Å². The van der Waals surface area contributed by atoms with Gasteiger partial charge in [-0.15, -0.1) is 11.3 Å². The van der Waals surface area contributed by atoms with Crippen molar-refractivity contribution >= 4 is 44.9 Å². The van der Waals surface area contributed by atoms with Crippen LogP contribution in [-0.4, -0.2) is 38.3 Å². The molecule has 5 aromatic rings. The molecule has 0 aliphatic heterocycles. The molecule has 5 rings (SSSR count). The number of hydrogen-bond acceptors (Lipinski definition) is 7. The summed E-state index contributed by atoms with van der Waals surface area (Å²) in [6.07, 6.45) is 3.47. The SMILES string of the molecule is CC.COC(=O)Cc1csc2nc(-c3ccccc3NC(=O)c3cnc4ccccc4n3)cn12. The van der Waals surface area contributed by atoms with Crippen LogP contribution in [-0.2, 0) is 16.0 Å². The van der Waals surface area contributed by atoms with E-state index in [1.54, 1.807) is 0 Å². The summed E-state index contributed by atoms with van der Waals surface area (Å²) in [5.41, 5.74) is 4.45. The van der Waals surface area contributed by atoms with Crippen LogP contribution in [0.3, 0.4) is 0 Å². The summed E-state index contributed by atoms with van der Waals surface area (Å²) < 4.78 is 6.63. The van der Waals surface area contributed by atoms with Gasteiger partial charge in [0.25, 0.3) is 5.91 Å². The van der Waals surface area contributed by atoms with E-state index in [-0.39, 0.29) is 24.0 Å². The van der Waals surface area contributed by atoms with Crippen LogP contribution in [0.5, 0.6) is 0 Å². The van der Waals surface area contributed by atoms with Gasteiger partial charge in [-0.05, 0) is 18.2 Å². The Hall–Kier alpha value is -4.11. The van der Waals surface area contributed by atoms with Crippen LogP contribution in [0.2, 0.25) is 0 Å². The minimum Gasteiger partial charge on any atom is -0.469 e. The number of nitrogens with zero attached hydrogens (tertiary/aromatic N) is 4. The van der Waals surface area contributed by atoms with Crippen molar-refractivity contribution in [3.8, 4) is 11.3 Å². The lowest BCUT2D eigenvalue weighted by Gasteiger charge is -2.09. The standard InChI is InChI=1S/C23H17N5O3S.C2H6/c1-31-21(29)10-14-13-32-23-27-20(12-28(14)23)15-6-2-3-7-16(15)26-22(30)19-11-24-17-8-4-5-9-18(17)25-19;1-2/h2-9,11-13H,10H2,1H3,(H,26,30);1-2H3. The van der Waals surface area contributed by atoms with Gasteiger partial charge in [-0.3, -0.25) is 19.0 Å². The molecule has 0 saturated carbocycles. The topological polar surface area (TPSA) is 98.5 Å². The Morgan fingerprint density at radius 2 is 1.76 bits per heavy atom. The first kappa shape index (κ1) is 23.1. The average molecular weight is 474 g/mol. The highest BCUT2D eigenvalue weighted by Gasteiger charge is 2.16. The van der Waals surface area contributed by atoms with Crippen molar-refractivity contribution in [2.45, 2.75) is 20.3 Å². The monoisotopic (exact) mass is 473 g/mol. The van der Waals surface area contributed by atoms with Crippen molar-refractivity contribution in [2.24, 2.45) is 0 Å². The van der Waals surface area contributed by atoms with Crippen LogP contribution in [0.1, 0.15) is 30.0 Å². The largest absolute Gasteiger partial charge is 0.469 e. The zero-order valence-corrected chi connectivity index (χ0v) is 19.8. The van der Waals surface area contributed by atoms with Gasteiger partial charge in [-0.1, -0.05) is 44.2 Å². The number of nitrogens with one attached hydrogen (secondary N) is 1. The first-order valence-corrected chi connectivity index (χ1v) is 11.6. The Balaban J connectivity index is 0.00000133. The van der Waals surface area contributed by atoms with E-state index in [1.807, 2.05) is 78.4 Å². The Morgan fingerprint density at radius 1 is 1.03 bits per heavy atom. The van der Waals surface area contributed by atoms with Crippen LogP contribution in [0.25, 0.3) is 27.3 Å². The molecule has 0 fully saturated rings. The van der Waals surface area contributed by atoms with Gasteiger partial charge >= 0.3 is 5.97 Å².